The second-order valence-corrected chi connectivity index (χ2v) is 5.19. The van der Waals surface area contributed by atoms with E-state index in [1.165, 1.54) is 12.1 Å². The lowest BCUT2D eigenvalue weighted by atomic mass is 10.0. The van der Waals surface area contributed by atoms with Gasteiger partial charge in [-0.25, -0.2) is 4.39 Å². The van der Waals surface area contributed by atoms with Crippen LogP contribution in [0.25, 0.3) is 22.4 Å². The highest BCUT2D eigenvalue weighted by atomic mass is 35.5. The minimum Gasteiger partial charge on any atom is -0.383 e. The molecule has 0 amide bonds. The normalized spacial score (nSPS) is 10.8. The van der Waals surface area contributed by atoms with Crippen LogP contribution in [-0.4, -0.2) is 9.78 Å². The maximum absolute atomic E-state index is 13.1. The van der Waals surface area contributed by atoms with Crippen molar-refractivity contribution in [2.24, 2.45) is 7.05 Å². The van der Waals surface area contributed by atoms with Gasteiger partial charge in [0.1, 0.15) is 17.3 Å². The fraction of sp³-hybridized carbons (Fsp3) is 0.0625. The first kappa shape index (κ1) is 13.6. The zero-order valence-corrected chi connectivity index (χ0v) is 12.1. The minimum atomic E-state index is -0.287. The van der Waals surface area contributed by atoms with Gasteiger partial charge < -0.3 is 5.73 Å². The Morgan fingerprint density at radius 2 is 1.81 bits per heavy atom. The van der Waals surface area contributed by atoms with E-state index in [1.807, 2.05) is 18.2 Å². The number of anilines is 1. The van der Waals surface area contributed by atoms with Crippen LogP contribution in [0.5, 0.6) is 0 Å². The Morgan fingerprint density at radius 3 is 2.48 bits per heavy atom. The quantitative estimate of drug-likeness (QED) is 0.773. The second-order valence-electron chi connectivity index (χ2n) is 4.75. The fourth-order valence-corrected chi connectivity index (χ4v) is 2.47. The molecule has 0 aliphatic rings. The number of hydrogen-bond acceptors (Lipinski definition) is 2. The van der Waals surface area contributed by atoms with Crippen LogP contribution >= 0.6 is 11.6 Å². The molecule has 0 saturated heterocycles. The number of nitrogen functional groups attached to an aromatic ring is 1. The van der Waals surface area contributed by atoms with Crippen molar-refractivity contribution < 1.29 is 4.39 Å². The smallest absolute Gasteiger partial charge is 0.129 e. The summed E-state index contributed by atoms with van der Waals surface area (Å²) in [5, 5.41) is 5.09. The molecule has 3 nitrogen and oxygen atoms in total. The van der Waals surface area contributed by atoms with Gasteiger partial charge in [-0.3, -0.25) is 4.68 Å². The standard InChI is InChI=1S/C16H13ClFN3/c1-21-16(19)14(10-5-7-13(18)8-6-10)15(20-21)11-3-2-4-12(17)9-11/h2-9H,19H2,1H3. The first-order valence-electron chi connectivity index (χ1n) is 6.40. The number of aryl methyl sites for hydroxylation is 1. The van der Waals surface area contributed by atoms with Crippen LogP contribution in [0.3, 0.4) is 0 Å². The summed E-state index contributed by atoms with van der Waals surface area (Å²) in [5.41, 5.74) is 9.31. The predicted octanol–water partition coefficient (Wildman–Crippen LogP) is 4.13. The SMILES string of the molecule is Cn1nc(-c2cccc(Cl)c2)c(-c2ccc(F)cc2)c1N. The van der Waals surface area contributed by atoms with E-state index in [9.17, 15) is 4.39 Å². The molecule has 21 heavy (non-hydrogen) atoms. The Morgan fingerprint density at radius 1 is 1.10 bits per heavy atom. The van der Waals surface area contributed by atoms with Crippen molar-refractivity contribution >= 4 is 17.4 Å². The maximum Gasteiger partial charge on any atom is 0.129 e. The molecule has 3 rings (SSSR count). The van der Waals surface area contributed by atoms with Gasteiger partial charge in [-0.05, 0) is 29.8 Å². The van der Waals surface area contributed by atoms with Crippen molar-refractivity contribution in [2.75, 3.05) is 5.73 Å². The molecule has 1 aromatic heterocycles. The summed E-state index contributed by atoms with van der Waals surface area (Å²) in [6, 6.07) is 13.6. The van der Waals surface area contributed by atoms with Gasteiger partial charge in [0, 0.05) is 17.6 Å². The molecule has 2 aromatic carbocycles. The number of benzene rings is 2. The van der Waals surface area contributed by atoms with E-state index < -0.39 is 0 Å². The Balaban J connectivity index is 2.23. The van der Waals surface area contributed by atoms with Crippen molar-refractivity contribution in [1.29, 1.82) is 0 Å². The van der Waals surface area contributed by atoms with Crippen molar-refractivity contribution in [1.82, 2.24) is 9.78 Å². The number of hydrogen-bond donors (Lipinski definition) is 1. The molecule has 0 fully saturated rings. The topological polar surface area (TPSA) is 43.8 Å². The number of halogens is 2. The Labute approximate surface area is 126 Å². The van der Waals surface area contributed by atoms with Crippen molar-refractivity contribution in [3.8, 4) is 22.4 Å². The van der Waals surface area contributed by atoms with Crippen molar-refractivity contribution in [3.05, 3.63) is 59.4 Å². The Kier molecular flexibility index (Phi) is 3.39. The largest absolute Gasteiger partial charge is 0.383 e. The average Bonchev–Trinajstić information content (AvgIpc) is 2.76. The van der Waals surface area contributed by atoms with E-state index in [-0.39, 0.29) is 5.82 Å². The van der Waals surface area contributed by atoms with E-state index in [1.54, 1.807) is 29.9 Å². The minimum absolute atomic E-state index is 0.287. The van der Waals surface area contributed by atoms with E-state index in [2.05, 4.69) is 5.10 Å². The van der Waals surface area contributed by atoms with E-state index in [0.29, 0.717) is 10.8 Å². The average molecular weight is 302 g/mol. The first-order chi connectivity index (χ1) is 10.1. The van der Waals surface area contributed by atoms with Crippen LogP contribution in [-0.2, 0) is 7.05 Å². The lowest BCUT2D eigenvalue weighted by Crippen LogP contribution is -1.97. The Bertz CT molecular complexity index is 794. The third-order valence-electron chi connectivity index (χ3n) is 3.32. The maximum atomic E-state index is 13.1. The summed E-state index contributed by atoms with van der Waals surface area (Å²) >= 11 is 6.05. The van der Waals surface area contributed by atoms with Crippen LogP contribution < -0.4 is 5.73 Å². The molecule has 1 heterocycles. The van der Waals surface area contributed by atoms with E-state index >= 15 is 0 Å². The molecule has 0 atom stereocenters. The third kappa shape index (κ3) is 2.50. The molecule has 2 N–H and O–H groups in total. The third-order valence-corrected chi connectivity index (χ3v) is 3.56. The molecule has 5 heteroatoms. The predicted molar refractivity (Wildman–Crippen MR) is 83.5 cm³/mol. The van der Waals surface area contributed by atoms with Gasteiger partial charge in [0.25, 0.3) is 0 Å². The molecule has 3 aromatic rings. The highest BCUT2D eigenvalue weighted by molar-refractivity contribution is 6.30. The van der Waals surface area contributed by atoms with Gasteiger partial charge in [-0.2, -0.15) is 5.10 Å². The zero-order chi connectivity index (χ0) is 15.0. The highest BCUT2D eigenvalue weighted by Gasteiger charge is 2.17. The van der Waals surface area contributed by atoms with Gasteiger partial charge in [0.15, 0.2) is 0 Å². The Hall–Kier alpha value is -2.33. The summed E-state index contributed by atoms with van der Waals surface area (Å²) < 4.78 is 14.7. The molecule has 0 saturated carbocycles. The lowest BCUT2D eigenvalue weighted by Gasteiger charge is -2.05. The molecule has 0 aliphatic carbocycles. The van der Waals surface area contributed by atoms with E-state index in [4.69, 9.17) is 17.3 Å². The van der Waals surface area contributed by atoms with Crippen LogP contribution in [0.4, 0.5) is 10.2 Å². The first-order valence-corrected chi connectivity index (χ1v) is 6.78. The molecule has 0 aliphatic heterocycles. The molecule has 0 bridgehead atoms. The molecule has 0 radical (unpaired) electrons. The van der Waals surface area contributed by atoms with Crippen LogP contribution in [0.2, 0.25) is 5.02 Å². The van der Waals surface area contributed by atoms with Crippen molar-refractivity contribution in [3.63, 3.8) is 0 Å². The number of nitrogens with zero attached hydrogens (tertiary/aromatic N) is 2. The fourth-order valence-electron chi connectivity index (χ4n) is 2.28. The van der Waals surface area contributed by atoms with E-state index in [0.717, 1.165) is 22.4 Å². The van der Waals surface area contributed by atoms with Gasteiger partial charge in [0.2, 0.25) is 0 Å². The molecule has 0 unspecified atom stereocenters. The van der Waals surface area contributed by atoms with Gasteiger partial charge in [-0.15, -0.1) is 0 Å². The second kappa shape index (κ2) is 5.22. The van der Waals surface area contributed by atoms with Crippen LogP contribution in [0.1, 0.15) is 0 Å². The molecular formula is C16H13ClFN3. The van der Waals surface area contributed by atoms with Crippen LogP contribution in [0.15, 0.2) is 48.5 Å². The van der Waals surface area contributed by atoms with Gasteiger partial charge in [0.05, 0.1) is 5.56 Å². The monoisotopic (exact) mass is 301 g/mol. The summed E-state index contributed by atoms with van der Waals surface area (Å²) in [6.45, 7) is 0. The highest BCUT2D eigenvalue weighted by Crippen LogP contribution is 2.36. The van der Waals surface area contributed by atoms with Crippen molar-refractivity contribution in [2.45, 2.75) is 0 Å². The number of rotatable bonds is 2. The molecule has 106 valence electrons. The van der Waals surface area contributed by atoms with Gasteiger partial charge >= 0.3 is 0 Å². The summed E-state index contributed by atoms with van der Waals surface area (Å²) in [7, 11) is 1.77. The number of nitrogens with two attached hydrogens (primary N) is 1. The molecule has 0 spiro atoms. The van der Waals surface area contributed by atoms with Crippen LogP contribution in [0, 0.1) is 5.82 Å². The molecular weight excluding hydrogens is 289 g/mol. The summed E-state index contributed by atoms with van der Waals surface area (Å²) in [4.78, 5) is 0. The lowest BCUT2D eigenvalue weighted by molar-refractivity contribution is 0.628. The summed E-state index contributed by atoms with van der Waals surface area (Å²) in [5.74, 6) is 0.238. The zero-order valence-electron chi connectivity index (χ0n) is 11.3. The number of aromatic nitrogens is 2. The summed E-state index contributed by atoms with van der Waals surface area (Å²) in [6.07, 6.45) is 0. The van der Waals surface area contributed by atoms with Gasteiger partial charge in [-0.1, -0.05) is 35.9 Å².